The summed E-state index contributed by atoms with van der Waals surface area (Å²) in [4.78, 5) is 39.1. The van der Waals surface area contributed by atoms with Crippen LogP contribution in [0, 0.1) is 0 Å². The van der Waals surface area contributed by atoms with Gasteiger partial charge in [0, 0.05) is 25.6 Å². The summed E-state index contributed by atoms with van der Waals surface area (Å²) in [6, 6.07) is 9.95. The van der Waals surface area contributed by atoms with Gasteiger partial charge in [-0.25, -0.2) is 0 Å². The van der Waals surface area contributed by atoms with Gasteiger partial charge in [0.25, 0.3) is 5.24 Å². The van der Waals surface area contributed by atoms with E-state index in [9.17, 15) is 14.4 Å². The Bertz CT molecular complexity index is 581. The fourth-order valence-electron chi connectivity index (χ4n) is 3.14. The fraction of sp³-hybridized carbons (Fsp3) is 0.471. The lowest BCUT2D eigenvalue weighted by atomic mass is 10.0. The van der Waals surface area contributed by atoms with Gasteiger partial charge in [-0.1, -0.05) is 42.1 Å². The van der Waals surface area contributed by atoms with Crippen LogP contribution in [0.3, 0.4) is 0 Å². The number of piperidine rings is 1. The molecule has 5 nitrogen and oxygen atoms in total. The number of rotatable bonds is 4. The number of aryl methyl sites for hydroxylation is 1. The second-order valence-corrected chi connectivity index (χ2v) is 6.84. The van der Waals surface area contributed by atoms with E-state index in [-0.39, 0.29) is 28.8 Å². The Morgan fingerprint density at radius 3 is 2.43 bits per heavy atom. The first-order chi connectivity index (χ1) is 11.1. The maximum absolute atomic E-state index is 12.3. The first-order valence-electron chi connectivity index (χ1n) is 7.95. The molecule has 0 aliphatic carbocycles. The van der Waals surface area contributed by atoms with Crippen molar-refractivity contribution in [3.63, 3.8) is 0 Å². The molecule has 0 unspecified atom stereocenters. The Morgan fingerprint density at radius 2 is 1.83 bits per heavy atom. The molecule has 1 aromatic rings. The Balaban J connectivity index is 1.48. The Labute approximate surface area is 140 Å². The molecule has 3 amide bonds. The van der Waals surface area contributed by atoms with Crippen LogP contribution in [-0.2, 0) is 16.0 Å². The lowest BCUT2D eigenvalue weighted by molar-refractivity contribution is -0.133. The van der Waals surface area contributed by atoms with Gasteiger partial charge < -0.3 is 4.90 Å². The third kappa shape index (κ3) is 3.75. The predicted molar refractivity (Wildman–Crippen MR) is 89.1 cm³/mol. The average Bonchev–Trinajstić information content (AvgIpc) is 2.92. The van der Waals surface area contributed by atoms with Crippen molar-refractivity contribution in [2.45, 2.75) is 31.7 Å². The van der Waals surface area contributed by atoms with Gasteiger partial charge in [-0.15, -0.1) is 0 Å². The maximum atomic E-state index is 12.3. The smallest absolute Gasteiger partial charge is 0.289 e. The van der Waals surface area contributed by atoms with Crippen LogP contribution in [0.2, 0.25) is 0 Å². The van der Waals surface area contributed by atoms with E-state index >= 15 is 0 Å². The van der Waals surface area contributed by atoms with Crippen molar-refractivity contribution in [1.82, 2.24) is 9.80 Å². The molecule has 23 heavy (non-hydrogen) atoms. The second kappa shape index (κ2) is 7.17. The van der Waals surface area contributed by atoms with Crippen LogP contribution in [0.1, 0.15) is 24.8 Å². The van der Waals surface area contributed by atoms with Crippen LogP contribution < -0.4 is 0 Å². The monoisotopic (exact) mass is 332 g/mol. The van der Waals surface area contributed by atoms with E-state index < -0.39 is 0 Å². The number of carbonyl (C=O) groups excluding carboxylic acids is 3. The highest BCUT2D eigenvalue weighted by Gasteiger charge is 2.37. The molecule has 1 aromatic carbocycles. The predicted octanol–water partition coefficient (Wildman–Crippen LogP) is 2.31. The molecule has 3 rings (SSSR count). The third-order valence-electron chi connectivity index (χ3n) is 4.44. The number of amides is 3. The van der Waals surface area contributed by atoms with Crippen LogP contribution in [0.25, 0.3) is 0 Å². The lowest BCUT2D eigenvalue weighted by Crippen LogP contribution is -2.48. The van der Waals surface area contributed by atoms with Crippen molar-refractivity contribution < 1.29 is 14.4 Å². The average molecular weight is 332 g/mol. The number of likely N-dealkylation sites (tertiary alicyclic amines) is 1. The van der Waals surface area contributed by atoms with Gasteiger partial charge in [-0.3, -0.25) is 19.3 Å². The van der Waals surface area contributed by atoms with Gasteiger partial charge in [-0.05, 0) is 24.8 Å². The van der Waals surface area contributed by atoms with E-state index in [4.69, 9.17) is 0 Å². The second-order valence-electron chi connectivity index (χ2n) is 5.92. The molecule has 0 saturated carbocycles. The van der Waals surface area contributed by atoms with E-state index in [0.717, 1.165) is 18.2 Å². The van der Waals surface area contributed by atoms with E-state index in [1.54, 1.807) is 0 Å². The molecule has 2 heterocycles. The van der Waals surface area contributed by atoms with Gasteiger partial charge in [0.2, 0.25) is 11.8 Å². The molecule has 6 heteroatoms. The molecule has 2 saturated heterocycles. The van der Waals surface area contributed by atoms with Crippen molar-refractivity contribution >= 4 is 28.8 Å². The highest BCUT2D eigenvalue weighted by molar-refractivity contribution is 8.14. The van der Waals surface area contributed by atoms with Gasteiger partial charge >= 0.3 is 0 Å². The Morgan fingerprint density at radius 1 is 1.13 bits per heavy atom. The van der Waals surface area contributed by atoms with Crippen LogP contribution in [0.4, 0.5) is 4.79 Å². The molecule has 0 bridgehead atoms. The first kappa shape index (κ1) is 16.1. The van der Waals surface area contributed by atoms with Crippen LogP contribution in [0.15, 0.2) is 30.3 Å². The zero-order valence-electron chi connectivity index (χ0n) is 12.9. The highest BCUT2D eigenvalue weighted by atomic mass is 32.2. The zero-order chi connectivity index (χ0) is 16.2. The number of thioether (sulfide) groups is 1. The number of nitrogens with zero attached hydrogens (tertiary/aromatic N) is 2. The SMILES string of the molecule is O=C(CCc1ccccc1)N1CCC(N2C(=O)CSC2=O)CC1. The Hall–Kier alpha value is -1.82. The molecule has 0 atom stereocenters. The van der Waals surface area contributed by atoms with E-state index in [1.165, 1.54) is 10.5 Å². The fourth-order valence-corrected chi connectivity index (χ4v) is 3.92. The summed E-state index contributed by atoms with van der Waals surface area (Å²) in [5.74, 6) is 0.323. The van der Waals surface area contributed by atoms with Gasteiger partial charge in [-0.2, -0.15) is 0 Å². The first-order valence-corrected chi connectivity index (χ1v) is 8.94. The van der Waals surface area contributed by atoms with Crippen LogP contribution >= 0.6 is 11.8 Å². The van der Waals surface area contributed by atoms with Crippen molar-refractivity contribution in [2.24, 2.45) is 0 Å². The van der Waals surface area contributed by atoms with Crippen molar-refractivity contribution in [3.8, 4) is 0 Å². The Kier molecular flexibility index (Phi) is 5.00. The largest absolute Gasteiger partial charge is 0.343 e. The number of benzene rings is 1. The lowest BCUT2D eigenvalue weighted by Gasteiger charge is -2.35. The number of carbonyl (C=O) groups is 3. The number of imide groups is 1. The summed E-state index contributed by atoms with van der Waals surface area (Å²) in [5, 5.41) is -0.135. The molecule has 2 aliphatic rings. The topological polar surface area (TPSA) is 57.7 Å². The summed E-state index contributed by atoms with van der Waals surface area (Å²) in [6.45, 7) is 1.25. The van der Waals surface area contributed by atoms with Crippen molar-refractivity contribution in [2.75, 3.05) is 18.8 Å². The molecule has 0 radical (unpaired) electrons. The summed E-state index contributed by atoms with van der Waals surface area (Å²) in [5.41, 5.74) is 1.17. The van der Waals surface area contributed by atoms with E-state index in [2.05, 4.69) is 0 Å². The molecule has 0 aromatic heterocycles. The minimum absolute atomic E-state index is 0.0387. The maximum Gasteiger partial charge on any atom is 0.289 e. The van der Waals surface area contributed by atoms with E-state index in [0.29, 0.717) is 32.4 Å². The summed E-state index contributed by atoms with van der Waals surface area (Å²) >= 11 is 1.08. The molecule has 0 N–H and O–H groups in total. The molecule has 122 valence electrons. The molecule has 0 spiro atoms. The van der Waals surface area contributed by atoms with Crippen molar-refractivity contribution in [1.29, 1.82) is 0 Å². The summed E-state index contributed by atoms with van der Waals surface area (Å²) < 4.78 is 0. The van der Waals surface area contributed by atoms with E-state index in [1.807, 2.05) is 35.2 Å². The zero-order valence-corrected chi connectivity index (χ0v) is 13.8. The molecule has 2 fully saturated rings. The van der Waals surface area contributed by atoms with Crippen molar-refractivity contribution in [3.05, 3.63) is 35.9 Å². The molecular weight excluding hydrogens is 312 g/mol. The summed E-state index contributed by atoms with van der Waals surface area (Å²) in [7, 11) is 0. The minimum Gasteiger partial charge on any atom is -0.343 e. The normalized spacial score (nSPS) is 19.5. The van der Waals surface area contributed by atoms with Gasteiger partial charge in [0.05, 0.1) is 5.75 Å². The highest BCUT2D eigenvalue weighted by Crippen LogP contribution is 2.26. The number of hydrogen-bond acceptors (Lipinski definition) is 4. The molecular formula is C17H20N2O3S. The third-order valence-corrected chi connectivity index (χ3v) is 5.27. The van der Waals surface area contributed by atoms with Crippen LogP contribution in [-0.4, -0.2) is 51.7 Å². The van der Waals surface area contributed by atoms with Crippen LogP contribution in [0.5, 0.6) is 0 Å². The molecule has 2 aliphatic heterocycles. The van der Waals surface area contributed by atoms with Gasteiger partial charge in [0.15, 0.2) is 0 Å². The quantitative estimate of drug-likeness (QED) is 0.849. The van der Waals surface area contributed by atoms with Gasteiger partial charge in [0.1, 0.15) is 0 Å². The summed E-state index contributed by atoms with van der Waals surface area (Å²) in [6.07, 6.45) is 2.63. The number of hydrogen-bond donors (Lipinski definition) is 0. The minimum atomic E-state index is -0.135. The standard InChI is InChI=1S/C17H20N2O3S/c20-15(7-6-13-4-2-1-3-5-13)18-10-8-14(9-11-18)19-16(21)12-23-17(19)22/h1-5,14H,6-12H2.